The lowest BCUT2D eigenvalue weighted by molar-refractivity contribution is 0.0516. The van der Waals surface area contributed by atoms with Gasteiger partial charge in [-0.05, 0) is 85.0 Å². The minimum atomic E-state index is -1.37. The molecule has 4 aromatic rings. The Bertz CT molecular complexity index is 1430. The third kappa shape index (κ3) is 11.9. The molecule has 0 spiro atoms. The predicted octanol–water partition coefficient (Wildman–Crippen LogP) is 5.65. The minimum absolute atomic E-state index is 0.278. The van der Waals surface area contributed by atoms with Gasteiger partial charge in [0.05, 0.1) is 24.3 Å². The van der Waals surface area contributed by atoms with E-state index in [0.29, 0.717) is 29.8 Å². The molecule has 2 N–H and O–H groups in total. The quantitative estimate of drug-likeness (QED) is 0.184. The van der Waals surface area contributed by atoms with E-state index >= 15 is 0 Å². The summed E-state index contributed by atoms with van der Waals surface area (Å²) in [5, 5.41) is 17.6. The summed E-state index contributed by atoms with van der Waals surface area (Å²) in [7, 11) is 6.52. The molecule has 0 amide bonds. The molecule has 0 aromatic heterocycles. The molecule has 232 valence electrons. The highest BCUT2D eigenvalue weighted by atomic mass is 79.9. The first-order valence-electron chi connectivity index (χ1n) is 14.1. The number of benzene rings is 4. The fourth-order valence-corrected chi connectivity index (χ4v) is 4.17. The maximum atomic E-state index is 11.7. The summed E-state index contributed by atoms with van der Waals surface area (Å²) in [4.78, 5) is 26.9. The van der Waals surface area contributed by atoms with Gasteiger partial charge < -0.3 is 29.3 Å². The van der Waals surface area contributed by atoms with Gasteiger partial charge in [0.2, 0.25) is 0 Å². The highest BCUT2D eigenvalue weighted by Crippen LogP contribution is 2.23. The Hall–Kier alpha value is -4.12. The second-order valence-electron chi connectivity index (χ2n) is 9.83. The van der Waals surface area contributed by atoms with E-state index in [2.05, 4.69) is 45.1 Å². The van der Waals surface area contributed by atoms with Gasteiger partial charge in [-0.25, -0.2) is 9.59 Å². The van der Waals surface area contributed by atoms with E-state index in [4.69, 9.17) is 19.5 Å². The zero-order chi connectivity index (χ0) is 32.6. The second-order valence-corrected chi connectivity index (χ2v) is 10.7. The van der Waals surface area contributed by atoms with Gasteiger partial charge in [-0.15, -0.1) is 0 Å². The maximum absolute atomic E-state index is 11.7. The average molecular weight is 663 g/mol. The number of anilines is 2. The number of carbonyl (C=O) groups excluding carboxylic acids is 2. The predicted molar refractivity (Wildman–Crippen MR) is 183 cm³/mol. The largest absolute Gasteiger partial charge is 0.488 e. The van der Waals surface area contributed by atoms with Crippen molar-refractivity contribution in [2.24, 2.45) is 0 Å². The zero-order valence-electron chi connectivity index (χ0n) is 26.0. The summed E-state index contributed by atoms with van der Waals surface area (Å²) in [5.41, 5.74) is 5.96. The van der Waals surface area contributed by atoms with Gasteiger partial charge in [0.25, 0.3) is 0 Å². The van der Waals surface area contributed by atoms with Crippen molar-refractivity contribution in [3.8, 4) is 11.1 Å². The van der Waals surface area contributed by atoms with Crippen molar-refractivity contribution >= 4 is 51.8 Å². The van der Waals surface area contributed by atoms with E-state index in [1.807, 2.05) is 76.4 Å². The number of rotatable bonds is 8. The average Bonchev–Trinajstić information content (AvgIpc) is 3.02. The van der Waals surface area contributed by atoms with Gasteiger partial charge in [-0.1, -0.05) is 58.4 Å². The number of esters is 2. The number of hydrogen-bond donors (Lipinski definition) is 2. The molecule has 4 aromatic carbocycles. The van der Waals surface area contributed by atoms with Gasteiger partial charge in [0, 0.05) is 44.0 Å². The van der Waals surface area contributed by atoms with E-state index in [1.165, 1.54) is 0 Å². The van der Waals surface area contributed by atoms with Crippen LogP contribution >= 0.6 is 15.9 Å². The molecule has 4 rings (SSSR count). The van der Waals surface area contributed by atoms with Gasteiger partial charge in [0.1, 0.15) is 0 Å². The summed E-state index contributed by atoms with van der Waals surface area (Å²) < 4.78 is 10.7. The summed E-state index contributed by atoms with van der Waals surface area (Å²) in [6, 6.07) is 29.9. The summed E-state index contributed by atoms with van der Waals surface area (Å²) >= 11 is 3.27. The highest BCUT2D eigenvalue weighted by Gasteiger charge is 2.10. The van der Waals surface area contributed by atoms with Crippen LogP contribution in [0.1, 0.15) is 34.6 Å². The molecule has 0 heterocycles. The Kier molecular flexibility index (Phi) is 15.2. The fourth-order valence-electron chi connectivity index (χ4n) is 3.77. The topological polar surface area (TPSA) is 99.5 Å². The van der Waals surface area contributed by atoms with Crippen molar-refractivity contribution < 1.29 is 29.1 Å². The van der Waals surface area contributed by atoms with E-state index in [-0.39, 0.29) is 11.9 Å². The van der Waals surface area contributed by atoms with Gasteiger partial charge >= 0.3 is 19.1 Å². The van der Waals surface area contributed by atoms with Crippen molar-refractivity contribution in [1.82, 2.24) is 0 Å². The Morgan fingerprint density at radius 1 is 0.659 bits per heavy atom. The molecule has 0 radical (unpaired) electrons. The third-order valence-corrected chi connectivity index (χ3v) is 6.63. The molecule has 0 unspecified atom stereocenters. The van der Waals surface area contributed by atoms with Gasteiger partial charge in [-0.3, -0.25) is 0 Å². The molecular weight excluding hydrogens is 623 g/mol. The minimum Gasteiger partial charge on any atom is -0.462 e. The van der Waals surface area contributed by atoms with E-state index in [9.17, 15) is 9.59 Å². The van der Waals surface area contributed by atoms with Crippen LogP contribution in [-0.4, -0.2) is 70.5 Å². The van der Waals surface area contributed by atoms with Crippen LogP contribution in [0.2, 0.25) is 0 Å². The first-order valence-corrected chi connectivity index (χ1v) is 14.9. The van der Waals surface area contributed by atoms with Crippen molar-refractivity contribution in [3.63, 3.8) is 0 Å². The second kappa shape index (κ2) is 18.5. The Balaban J connectivity index is 0.000000244. The van der Waals surface area contributed by atoms with Crippen molar-refractivity contribution in [1.29, 1.82) is 0 Å². The number of nitrogens with zero attached hydrogens (tertiary/aromatic N) is 2. The van der Waals surface area contributed by atoms with E-state index < -0.39 is 7.12 Å². The van der Waals surface area contributed by atoms with E-state index in [1.54, 1.807) is 43.3 Å². The molecular formula is C34H40BBrN2O6. The zero-order valence-corrected chi connectivity index (χ0v) is 27.6. The Labute approximate surface area is 269 Å². The smallest absolute Gasteiger partial charge is 0.462 e. The lowest BCUT2D eigenvalue weighted by Gasteiger charge is -2.13. The van der Waals surface area contributed by atoms with Crippen LogP contribution in [0, 0.1) is 0 Å². The van der Waals surface area contributed by atoms with Crippen LogP contribution in [0.3, 0.4) is 0 Å². The van der Waals surface area contributed by atoms with Gasteiger partial charge in [0.15, 0.2) is 0 Å². The molecule has 8 nitrogen and oxygen atoms in total. The van der Waals surface area contributed by atoms with Crippen molar-refractivity contribution in [2.45, 2.75) is 13.8 Å². The van der Waals surface area contributed by atoms with Crippen LogP contribution in [-0.2, 0) is 9.47 Å². The lowest BCUT2D eigenvalue weighted by Crippen LogP contribution is -2.29. The molecule has 0 saturated carbocycles. The Morgan fingerprint density at radius 2 is 1.11 bits per heavy atom. The SMILES string of the molecule is CCOC(=O)c1cccc(-c2ccc(N(C)C)cc2)c1.CCOC(=O)c1cccc(Br)c1.CN(C)c1ccc(B(O)O)cc1. The summed E-state index contributed by atoms with van der Waals surface area (Å²) in [6.45, 7) is 4.39. The van der Waals surface area contributed by atoms with Crippen molar-refractivity contribution in [2.75, 3.05) is 51.2 Å². The molecule has 0 bridgehead atoms. The normalized spacial score (nSPS) is 9.84. The van der Waals surface area contributed by atoms with Crippen LogP contribution in [0.25, 0.3) is 11.1 Å². The van der Waals surface area contributed by atoms with Crippen LogP contribution < -0.4 is 15.3 Å². The summed E-state index contributed by atoms with van der Waals surface area (Å²) in [5.74, 6) is -0.557. The standard InChI is InChI=1S/C17H19NO2.C9H9BrO2.C8H12BNO2/c1-4-20-17(19)15-7-5-6-14(12-15)13-8-10-16(11-9-13)18(2)3;1-2-12-9(11)7-4-3-5-8(10)6-7;1-10(2)8-5-3-7(4-6-8)9(11)12/h5-12H,4H2,1-3H3;3-6H,2H2,1H3;3-6,11-12H,1-2H3. The highest BCUT2D eigenvalue weighted by molar-refractivity contribution is 9.10. The number of carbonyl (C=O) groups is 2. The lowest BCUT2D eigenvalue weighted by atomic mass is 9.80. The first-order chi connectivity index (χ1) is 21.0. The molecule has 0 aliphatic rings. The number of halogens is 1. The molecule has 10 heteroatoms. The molecule has 0 aliphatic carbocycles. The molecule has 44 heavy (non-hydrogen) atoms. The maximum Gasteiger partial charge on any atom is 0.488 e. The monoisotopic (exact) mass is 662 g/mol. The molecule has 0 aliphatic heterocycles. The molecule has 0 saturated heterocycles. The van der Waals surface area contributed by atoms with Crippen molar-refractivity contribution in [3.05, 3.63) is 113 Å². The molecule has 0 atom stereocenters. The van der Waals surface area contributed by atoms with Gasteiger partial charge in [-0.2, -0.15) is 0 Å². The fraction of sp³-hybridized carbons (Fsp3) is 0.235. The summed E-state index contributed by atoms with van der Waals surface area (Å²) in [6.07, 6.45) is 0. The number of ether oxygens (including phenoxy) is 2. The molecule has 0 fully saturated rings. The number of hydrogen-bond acceptors (Lipinski definition) is 8. The van der Waals surface area contributed by atoms with Crippen LogP contribution in [0.5, 0.6) is 0 Å². The third-order valence-electron chi connectivity index (χ3n) is 6.13. The van der Waals surface area contributed by atoms with Crippen LogP contribution in [0.4, 0.5) is 11.4 Å². The van der Waals surface area contributed by atoms with Crippen LogP contribution in [0.15, 0.2) is 102 Å². The van der Waals surface area contributed by atoms with E-state index in [0.717, 1.165) is 27.0 Å². The Morgan fingerprint density at radius 3 is 1.55 bits per heavy atom. The first kappa shape index (κ1) is 36.1.